The minimum Gasteiger partial charge on any atom is -0.395 e. The summed E-state index contributed by atoms with van der Waals surface area (Å²) < 4.78 is 0. The highest BCUT2D eigenvalue weighted by molar-refractivity contribution is 6.42. The standard InChI is InChI=1S/C17H19Cl2NO/c1-12-2-5-14(6-3-12)17(10-20,11-21)9-13-4-7-15(18)16(19)8-13/h2-8,21H,9-11,20H2,1H3. The van der Waals surface area contributed by atoms with Gasteiger partial charge in [0.25, 0.3) is 0 Å². The Hall–Kier alpha value is -1.06. The fourth-order valence-electron chi connectivity index (χ4n) is 2.45. The molecule has 2 aromatic rings. The Bertz CT molecular complexity index is 607. The number of aryl methyl sites for hydroxylation is 1. The molecule has 0 saturated carbocycles. The van der Waals surface area contributed by atoms with E-state index in [1.165, 1.54) is 5.56 Å². The molecule has 0 saturated heterocycles. The van der Waals surface area contributed by atoms with Crippen molar-refractivity contribution in [2.45, 2.75) is 18.8 Å². The molecule has 0 bridgehead atoms. The summed E-state index contributed by atoms with van der Waals surface area (Å²) in [6, 6.07) is 13.6. The molecule has 112 valence electrons. The number of aliphatic hydroxyl groups excluding tert-OH is 1. The fourth-order valence-corrected chi connectivity index (χ4v) is 2.77. The fraction of sp³-hybridized carbons (Fsp3) is 0.294. The normalized spacial score (nSPS) is 14.0. The van der Waals surface area contributed by atoms with Crippen LogP contribution in [0.15, 0.2) is 42.5 Å². The van der Waals surface area contributed by atoms with E-state index in [4.69, 9.17) is 28.9 Å². The van der Waals surface area contributed by atoms with E-state index in [0.29, 0.717) is 23.0 Å². The number of hydrogen-bond donors (Lipinski definition) is 2. The molecule has 3 N–H and O–H groups in total. The van der Waals surface area contributed by atoms with Gasteiger partial charge in [0.05, 0.1) is 16.7 Å². The van der Waals surface area contributed by atoms with Gasteiger partial charge in [-0.15, -0.1) is 0 Å². The zero-order valence-corrected chi connectivity index (χ0v) is 13.5. The Morgan fingerprint density at radius 2 is 1.71 bits per heavy atom. The minimum absolute atomic E-state index is 0.0210. The number of aliphatic hydroxyl groups is 1. The van der Waals surface area contributed by atoms with Crippen molar-refractivity contribution in [1.29, 1.82) is 0 Å². The molecule has 0 aliphatic heterocycles. The van der Waals surface area contributed by atoms with Crippen LogP contribution in [0.1, 0.15) is 16.7 Å². The van der Waals surface area contributed by atoms with E-state index in [9.17, 15) is 5.11 Å². The van der Waals surface area contributed by atoms with E-state index in [1.807, 2.05) is 43.3 Å². The quantitative estimate of drug-likeness (QED) is 0.880. The summed E-state index contributed by atoms with van der Waals surface area (Å²) in [7, 11) is 0. The summed E-state index contributed by atoms with van der Waals surface area (Å²) in [6.07, 6.45) is 0.611. The first-order valence-corrected chi connectivity index (χ1v) is 7.58. The van der Waals surface area contributed by atoms with E-state index < -0.39 is 5.41 Å². The first-order valence-electron chi connectivity index (χ1n) is 6.83. The topological polar surface area (TPSA) is 46.2 Å². The molecule has 0 spiro atoms. The van der Waals surface area contributed by atoms with Crippen molar-refractivity contribution < 1.29 is 5.11 Å². The van der Waals surface area contributed by atoms with E-state index in [-0.39, 0.29) is 6.61 Å². The van der Waals surface area contributed by atoms with Gasteiger partial charge in [0.15, 0.2) is 0 Å². The highest BCUT2D eigenvalue weighted by Gasteiger charge is 2.30. The van der Waals surface area contributed by atoms with Gasteiger partial charge in [0.1, 0.15) is 0 Å². The second kappa shape index (κ2) is 6.80. The van der Waals surface area contributed by atoms with Gasteiger partial charge in [-0.25, -0.2) is 0 Å². The van der Waals surface area contributed by atoms with Crippen molar-refractivity contribution in [2.24, 2.45) is 5.73 Å². The largest absolute Gasteiger partial charge is 0.395 e. The molecular weight excluding hydrogens is 305 g/mol. The van der Waals surface area contributed by atoms with Crippen LogP contribution in [0.25, 0.3) is 0 Å². The Balaban J connectivity index is 2.37. The predicted octanol–water partition coefficient (Wildman–Crippen LogP) is 3.73. The smallest absolute Gasteiger partial charge is 0.0595 e. The highest BCUT2D eigenvalue weighted by atomic mass is 35.5. The number of hydrogen-bond acceptors (Lipinski definition) is 2. The van der Waals surface area contributed by atoms with Gasteiger partial charge in [0.2, 0.25) is 0 Å². The second-order valence-electron chi connectivity index (χ2n) is 5.43. The molecule has 0 radical (unpaired) electrons. The SMILES string of the molecule is Cc1ccc(C(CN)(CO)Cc2ccc(Cl)c(Cl)c2)cc1. The first-order chi connectivity index (χ1) is 10.0. The lowest BCUT2D eigenvalue weighted by atomic mass is 9.76. The van der Waals surface area contributed by atoms with Gasteiger partial charge < -0.3 is 10.8 Å². The molecule has 0 heterocycles. The molecule has 2 rings (SSSR count). The highest BCUT2D eigenvalue weighted by Crippen LogP contribution is 2.30. The van der Waals surface area contributed by atoms with E-state index >= 15 is 0 Å². The summed E-state index contributed by atoms with van der Waals surface area (Å²) >= 11 is 12.0. The van der Waals surface area contributed by atoms with Gasteiger partial charge in [-0.05, 0) is 36.6 Å². The lowest BCUT2D eigenvalue weighted by Crippen LogP contribution is -2.41. The molecule has 0 aromatic heterocycles. The van der Waals surface area contributed by atoms with Crippen molar-refractivity contribution in [1.82, 2.24) is 0 Å². The number of benzene rings is 2. The maximum absolute atomic E-state index is 9.95. The molecular formula is C17H19Cl2NO. The van der Waals surface area contributed by atoms with Crippen LogP contribution < -0.4 is 5.73 Å². The summed E-state index contributed by atoms with van der Waals surface area (Å²) in [5, 5.41) is 11.0. The molecule has 1 atom stereocenters. The molecule has 4 heteroatoms. The predicted molar refractivity (Wildman–Crippen MR) is 89.2 cm³/mol. The molecule has 0 aliphatic carbocycles. The zero-order valence-electron chi connectivity index (χ0n) is 11.9. The van der Waals surface area contributed by atoms with Crippen molar-refractivity contribution >= 4 is 23.2 Å². The van der Waals surface area contributed by atoms with Gasteiger partial charge in [-0.1, -0.05) is 59.1 Å². The van der Waals surface area contributed by atoms with Crippen LogP contribution in [0.3, 0.4) is 0 Å². The molecule has 0 aliphatic rings. The minimum atomic E-state index is -0.509. The molecule has 21 heavy (non-hydrogen) atoms. The number of halogens is 2. The maximum Gasteiger partial charge on any atom is 0.0595 e. The van der Waals surface area contributed by atoms with Gasteiger partial charge >= 0.3 is 0 Å². The van der Waals surface area contributed by atoms with E-state index in [2.05, 4.69) is 0 Å². The monoisotopic (exact) mass is 323 g/mol. The molecule has 2 nitrogen and oxygen atoms in total. The molecule has 0 amide bonds. The van der Waals surface area contributed by atoms with Crippen molar-refractivity contribution in [3.8, 4) is 0 Å². The third-order valence-corrected chi connectivity index (χ3v) is 4.62. The lowest BCUT2D eigenvalue weighted by molar-refractivity contribution is 0.196. The third-order valence-electron chi connectivity index (χ3n) is 3.88. The summed E-state index contributed by atoms with van der Waals surface area (Å²) in [5.41, 5.74) is 8.69. The Labute approximate surface area is 135 Å². The Kier molecular flexibility index (Phi) is 5.28. The van der Waals surface area contributed by atoms with Crippen LogP contribution in [0.2, 0.25) is 10.0 Å². The van der Waals surface area contributed by atoms with Crippen molar-refractivity contribution in [2.75, 3.05) is 13.2 Å². The van der Waals surface area contributed by atoms with E-state index in [0.717, 1.165) is 11.1 Å². The Morgan fingerprint density at radius 3 is 2.24 bits per heavy atom. The Morgan fingerprint density at radius 1 is 1.05 bits per heavy atom. The molecule has 2 aromatic carbocycles. The van der Waals surface area contributed by atoms with Gasteiger partial charge in [-0.3, -0.25) is 0 Å². The third kappa shape index (κ3) is 3.58. The first kappa shape index (κ1) is 16.3. The van der Waals surface area contributed by atoms with Crippen LogP contribution in [-0.4, -0.2) is 18.3 Å². The maximum atomic E-state index is 9.95. The molecule has 1 unspecified atom stereocenters. The lowest BCUT2D eigenvalue weighted by Gasteiger charge is -2.31. The zero-order chi connectivity index (χ0) is 15.5. The van der Waals surface area contributed by atoms with Crippen molar-refractivity contribution in [3.63, 3.8) is 0 Å². The van der Waals surface area contributed by atoms with Crippen LogP contribution in [0.5, 0.6) is 0 Å². The second-order valence-corrected chi connectivity index (χ2v) is 6.25. The number of rotatable bonds is 5. The van der Waals surface area contributed by atoms with Crippen LogP contribution in [-0.2, 0) is 11.8 Å². The summed E-state index contributed by atoms with van der Waals surface area (Å²) in [6.45, 7) is 2.37. The summed E-state index contributed by atoms with van der Waals surface area (Å²) in [5.74, 6) is 0. The van der Waals surface area contributed by atoms with E-state index in [1.54, 1.807) is 6.07 Å². The summed E-state index contributed by atoms with van der Waals surface area (Å²) in [4.78, 5) is 0. The van der Waals surface area contributed by atoms with Gasteiger partial charge in [-0.2, -0.15) is 0 Å². The van der Waals surface area contributed by atoms with Crippen LogP contribution in [0, 0.1) is 6.92 Å². The van der Waals surface area contributed by atoms with Crippen molar-refractivity contribution in [3.05, 3.63) is 69.2 Å². The van der Waals surface area contributed by atoms with Gasteiger partial charge in [0, 0.05) is 12.0 Å². The average Bonchev–Trinajstić information content (AvgIpc) is 2.49. The average molecular weight is 324 g/mol. The molecule has 0 fully saturated rings. The number of nitrogens with two attached hydrogens (primary N) is 1. The van der Waals surface area contributed by atoms with Crippen LogP contribution in [0.4, 0.5) is 0 Å². The van der Waals surface area contributed by atoms with Crippen LogP contribution >= 0.6 is 23.2 Å².